The van der Waals surface area contributed by atoms with E-state index in [-0.39, 0.29) is 13.0 Å². The van der Waals surface area contributed by atoms with Crippen LogP contribution in [0.4, 0.5) is 4.79 Å². The molecule has 0 spiro atoms. The summed E-state index contributed by atoms with van der Waals surface area (Å²) in [6.45, 7) is 4.97. The Labute approximate surface area is 199 Å². The maximum atomic E-state index is 12.8. The van der Waals surface area contributed by atoms with Crippen molar-refractivity contribution < 1.29 is 28.7 Å². The number of rotatable bonds is 9. The molecule has 0 aliphatic carbocycles. The molecule has 2 aromatic carbocycles. The van der Waals surface area contributed by atoms with Crippen molar-refractivity contribution in [1.82, 2.24) is 10.6 Å². The molecule has 2 aromatic rings. The molecule has 0 fully saturated rings. The van der Waals surface area contributed by atoms with Crippen LogP contribution in [-0.2, 0) is 36.9 Å². The quantitative estimate of drug-likeness (QED) is 0.479. The minimum Gasteiger partial charge on any atom is -0.461 e. The summed E-state index contributed by atoms with van der Waals surface area (Å²) in [6.07, 6.45) is -1.20. The molecule has 2 atom stereocenters. The third-order valence-corrected chi connectivity index (χ3v) is 4.50. The van der Waals surface area contributed by atoms with Gasteiger partial charge in [0.05, 0.1) is 12.5 Å². The van der Waals surface area contributed by atoms with Gasteiger partial charge in [0, 0.05) is 0 Å². The zero-order chi connectivity index (χ0) is 25.1. The van der Waals surface area contributed by atoms with Crippen LogP contribution in [0.1, 0.15) is 38.3 Å². The SMILES string of the molecule is CC(C)(C)OC(=O)N[C@@H](CC(=O)OCc1ccccc1)C(=O)NC(=O)[C@@H](N)Cc1ccccc1. The van der Waals surface area contributed by atoms with Crippen LogP contribution < -0.4 is 16.4 Å². The van der Waals surface area contributed by atoms with E-state index in [2.05, 4.69) is 10.6 Å². The molecule has 0 radical (unpaired) electrons. The number of carbonyl (C=O) groups excluding carboxylic acids is 4. The van der Waals surface area contributed by atoms with Crippen molar-refractivity contribution in [2.45, 2.75) is 57.9 Å². The molecule has 0 unspecified atom stereocenters. The van der Waals surface area contributed by atoms with Gasteiger partial charge in [-0.3, -0.25) is 19.7 Å². The van der Waals surface area contributed by atoms with Gasteiger partial charge in [0.15, 0.2) is 0 Å². The highest BCUT2D eigenvalue weighted by atomic mass is 16.6. The van der Waals surface area contributed by atoms with E-state index in [0.717, 1.165) is 11.1 Å². The Balaban J connectivity index is 2.01. The van der Waals surface area contributed by atoms with E-state index in [9.17, 15) is 19.2 Å². The predicted octanol–water partition coefficient (Wildman–Crippen LogP) is 2.23. The summed E-state index contributed by atoms with van der Waals surface area (Å²) in [5, 5.41) is 4.50. The van der Waals surface area contributed by atoms with Gasteiger partial charge in [-0.15, -0.1) is 0 Å². The molecule has 182 valence electrons. The number of benzene rings is 2. The van der Waals surface area contributed by atoms with Crippen molar-refractivity contribution in [3.8, 4) is 0 Å². The monoisotopic (exact) mass is 469 g/mol. The van der Waals surface area contributed by atoms with E-state index in [1.807, 2.05) is 36.4 Å². The van der Waals surface area contributed by atoms with Crippen LogP contribution in [0.2, 0.25) is 0 Å². The number of hydrogen-bond acceptors (Lipinski definition) is 7. The average Bonchev–Trinajstić information content (AvgIpc) is 2.77. The molecule has 0 aliphatic rings. The first kappa shape index (κ1) is 26.5. The van der Waals surface area contributed by atoms with Gasteiger partial charge in [-0.2, -0.15) is 0 Å². The lowest BCUT2D eigenvalue weighted by Crippen LogP contribution is -2.53. The topological polar surface area (TPSA) is 137 Å². The van der Waals surface area contributed by atoms with Crippen molar-refractivity contribution in [3.05, 3.63) is 71.8 Å². The molecule has 0 saturated carbocycles. The molecule has 0 saturated heterocycles. The molecular formula is C25H31N3O6. The zero-order valence-electron chi connectivity index (χ0n) is 19.6. The van der Waals surface area contributed by atoms with E-state index >= 15 is 0 Å². The molecular weight excluding hydrogens is 438 g/mol. The molecule has 0 bridgehead atoms. The Kier molecular flexibility index (Phi) is 9.76. The third kappa shape index (κ3) is 9.83. The van der Waals surface area contributed by atoms with Crippen LogP contribution in [0.15, 0.2) is 60.7 Å². The van der Waals surface area contributed by atoms with Gasteiger partial charge in [0.2, 0.25) is 11.8 Å². The summed E-state index contributed by atoms with van der Waals surface area (Å²) >= 11 is 0. The van der Waals surface area contributed by atoms with Crippen LogP contribution in [-0.4, -0.2) is 41.6 Å². The largest absolute Gasteiger partial charge is 0.461 e. The predicted molar refractivity (Wildman–Crippen MR) is 125 cm³/mol. The molecule has 9 nitrogen and oxygen atoms in total. The summed E-state index contributed by atoms with van der Waals surface area (Å²) in [4.78, 5) is 49.8. The Morgan fingerprint density at radius 3 is 2.00 bits per heavy atom. The first-order chi connectivity index (χ1) is 16.0. The molecule has 2 rings (SSSR count). The van der Waals surface area contributed by atoms with Crippen molar-refractivity contribution in [2.75, 3.05) is 0 Å². The van der Waals surface area contributed by atoms with Gasteiger partial charge < -0.3 is 20.5 Å². The average molecular weight is 470 g/mol. The van der Waals surface area contributed by atoms with Crippen molar-refractivity contribution in [2.24, 2.45) is 5.73 Å². The molecule has 0 aromatic heterocycles. The van der Waals surface area contributed by atoms with Gasteiger partial charge in [-0.1, -0.05) is 60.7 Å². The molecule has 34 heavy (non-hydrogen) atoms. The fraction of sp³-hybridized carbons (Fsp3) is 0.360. The van der Waals surface area contributed by atoms with Crippen LogP contribution >= 0.6 is 0 Å². The Hall–Kier alpha value is -3.72. The minimum atomic E-state index is -1.40. The Morgan fingerprint density at radius 1 is 0.882 bits per heavy atom. The van der Waals surface area contributed by atoms with E-state index in [0.29, 0.717) is 0 Å². The number of ether oxygens (including phenoxy) is 2. The first-order valence-corrected chi connectivity index (χ1v) is 10.9. The third-order valence-electron chi connectivity index (χ3n) is 4.50. The van der Waals surface area contributed by atoms with Crippen molar-refractivity contribution >= 4 is 23.9 Å². The van der Waals surface area contributed by atoms with Gasteiger partial charge in [-0.05, 0) is 38.3 Å². The fourth-order valence-electron chi connectivity index (χ4n) is 2.88. The molecule has 9 heteroatoms. The second-order valence-corrected chi connectivity index (χ2v) is 8.70. The minimum absolute atomic E-state index is 0.00132. The van der Waals surface area contributed by atoms with Gasteiger partial charge in [0.1, 0.15) is 18.2 Å². The van der Waals surface area contributed by atoms with E-state index in [1.54, 1.807) is 45.0 Å². The second kappa shape index (κ2) is 12.5. The van der Waals surface area contributed by atoms with Crippen LogP contribution in [0.5, 0.6) is 0 Å². The highest BCUT2D eigenvalue weighted by Gasteiger charge is 2.29. The Bertz CT molecular complexity index is 973. The van der Waals surface area contributed by atoms with E-state index < -0.39 is 48.0 Å². The van der Waals surface area contributed by atoms with Gasteiger partial charge in [0.25, 0.3) is 0 Å². The smallest absolute Gasteiger partial charge is 0.408 e. The summed E-state index contributed by atoms with van der Waals surface area (Å²) in [6, 6.07) is 15.7. The molecule has 0 aliphatic heterocycles. The van der Waals surface area contributed by atoms with E-state index in [4.69, 9.17) is 15.2 Å². The number of hydrogen-bond donors (Lipinski definition) is 3. The highest BCUT2D eigenvalue weighted by molar-refractivity contribution is 6.02. The van der Waals surface area contributed by atoms with Crippen LogP contribution in [0.3, 0.4) is 0 Å². The summed E-state index contributed by atoms with van der Waals surface area (Å²) in [5.41, 5.74) is 6.69. The molecule has 3 amide bonds. The lowest BCUT2D eigenvalue weighted by atomic mass is 10.1. The fourth-order valence-corrected chi connectivity index (χ4v) is 2.88. The maximum absolute atomic E-state index is 12.8. The number of carbonyl (C=O) groups is 4. The molecule has 4 N–H and O–H groups in total. The Morgan fingerprint density at radius 2 is 1.44 bits per heavy atom. The second-order valence-electron chi connectivity index (χ2n) is 8.70. The number of alkyl carbamates (subject to hydrolysis) is 1. The summed E-state index contributed by atoms with van der Waals surface area (Å²) in [5.74, 6) is -2.36. The number of nitrogens with two attached hydrogens (primary N) is 1. The summed E-state index contributed by atoms with van der Waals surface area (Å²) < 4.78 is 10.4. The lowest BCUT2D eigenvalue weighted by molar-refractivity contribution is -0.147. The lowest BCUT2D eigenvalue weighted by Gasteiger charge is -2.23. The van der Waals surface area contributed by atoms with Gasteiger partial charge in [-0.25, -0.2) is 4.79 Å². The standard InChI is InChI=1S/C25H31N3O6/c1-25(2,3)34-24(32)27-20(15-21(29)33-16-18-12-8-5-9-13-18)23(31)28-22(30)19(26)14-17-10-6-4-7-11-17/h4-13,19-20H,14-16,26H2,1-3H3,(H,27,32)(H,28,30,31)/t19-,20-/m0/s1. The van der Waals surface area contributed by atoms with Crippen molar-refractivity contribution in [3.63, 3.8) is 0 Å². The van der Waals surface area contributed by atoms with Crippen LogP contribution in [0, 0.1) is 0 Å². The summed E-state index contributed by atoms with van der Waals surface area (Å²) in [7, 11) is 0. The normalized spacial score (nSPS) is 12.7. The number of esters is 1. The first-order valence-electron chi connectivity index (χ1n) is 10.9. The maximum Gasteiger partial charge on any atom is 0.408 e. The highest BCUT2D eigenvalue weighted by Crippen LogP contribution is 2.09. The molecule has 0 heterocycles. The van der Waals surface area contributed by atoms with E-state index in [1.165, 1.54) is 0 Å². The zero-order valence-corrected chi connectivity index (χ0v) is 19.6. The number of amides is 3. The number of imide groups is 1. The van der Waals surface area contributed by atoms with Crippen LogP contribution in [0.25, 0.3) is 0 Å². The van der Waals surface area contributed by atoms with Crippen molar-refractivity contribution in [1.29, 1.82) is 0 Å². The van der Waals surface area contributed by atoms with Gasteiger partial charge >= 0.3 is 12.1 Å². The number of nitrogens with one attached hydrogen (secondary N) is 2.